The molecule has 1 aliphatic rings. The second kappa shape index (κ2) is 10.1. The van der Waals surface area contributed by atoms with E-state index in [1.54, 1.807) is 12.1 Å². The zero-order valence-corrected chi connectivity index (χ0v) is 18.7. The predicted octanol–water partition coefficient (Wildman–Crippen LogP) is 1.71. The molecule has 0 aliphatic carbocycles. The van der Waals surface area contributed by atoms with Crippen molar-refractivity contribution in [1.29, 1.82) is 0 Å². The third-order valence-corrected chi connectivity index (χ3v) is 6.73. The number of carbonyl (C=O) groups excluding carboxylic acids is 1. The third-order valence-electron chi connectivity index (χ3n) is 4.82. The highest BCUT2D eigenvalue weighted by atomic mass is 32.2. The molecular weight excluding hydrogens is 467 g/mol. The first kappa shape index (κ1) is 23.5. The van der Waals surface area contributed by atoms with Gasteiger partial charge in [-0.25, -0.2) is 17.6 Å². The van der Waals surface area contributed by atoms with Gasteiger partial charge in [-0.15, -0.1) is 0 Å². The lowest BCUT2D eigenvalue weighted by Crippen LogP contribution is -2.41. The highest BCUT2D eigenvalue weighted by Crippen LogP contribution is 2.22. The molecule has 1 fully saturated rings. The van der Waals surface area contributed by atoms with E-state index in [-0.39, 0.29) is 56.2 Å². The van der Waals surface area contributed by atoms with E-state index in [4.69, 9.17) is 15.2 Å². The molecule has 0 amide bonds. The molecule has 4 rings (SSSR count). The molecule has 3 N–H and O–H groups in total. The van der Waals surface area contributed by atoms with E-state index in [0.29, 0.717) is 0 Å². The number of nitrogens with two attached hydrogens (primary N) is 1. The number of hydrogen-bond donors (Lipinski definition) is 2. The number of esters is 1. The van der Waals surface area contributed by atoms with Crippen LogP contribution >= 0.6 is 0 Å². The molecule has 178 valence electrons. The lowest BCUT2D eigenvalue weighted by Gasteiger charge is -2.26. The van der Waals surface area contributed by atoms with Crippen molar-refractivity contribution in [2.24, 2.45) is 0 Å². The molecule has 0 bridgehead atoms. The van der Waals surface area contributed by atoms with Gasteiger partial charge in [0.2, 0.25) is 21.9 Å². The van der Waals surface area contributed by atoms with Crippen molar-refractivity contribution in [2.45, 2.75) is 11.5 Å². The van der Waals surface area contributed by atoms with Crippen LogP contribution in [0.5, 0.6) is 0 Å². The zero-order valence-electron chi connectivity index (χ0n) is 17.8. The van der Waals surface area contributed by atoms with Gasteiger partial charge in [-0.3, -0.25) is 0 Å². The fourth-order valence-corrected chi connectivity index (χ4v) is 4.67. The van der Waals surface area contributed by atoms with Gasteiger partial charge in [-0.1, -0.05) is 18.2 Å². The number of halogens is 1. The average Bonchev–Trinajstić information content (AvgIpc) is 2.83. The maximum Gasteiger partial charge on any atom is 0.338 e. The largest absolute Gasteiger partial charge is 0.454 e. The number of para-hydroxylation sites is 1. The van der Waals surface area contributed by atoms with Gasteiger partial charge in [-0.05, 0) is 30.3 Å². The number of ether oxygens (including phenoxy) is 2. The Morgan fingerprint density at radius 2 is 1.85 bits per heavy atom. The quantitative estimate of drug-likeness (QED) is 0.471. The van der Waals surface area contributed by atoms with Gasteiger partial charge in [0.25, 0.3) is 0 Å². The van der Waals surface area contributed by atoms with E-state index in [0.717, 1.165) is 28.2 Å². The van der Waals surface area contributed by atoms with Crippen LogP contribution < -0.4 is 11.1 Å². The SMILES string of the molecule is Nc1nc(COC(=O)c2ccc(F)c(S(=O)(=O)N3CCOCC3)c2)nc(Nc2ccccc2)n1. The van der Waals surface area contributed by atoms with Crippen molar-refractivity contribution < 1.29 is 27.1 Å². The summed E-state index contributed by atoms with van der Waals surface area (Å²) in [6.45, 7) is 0.239. The average molecular weight is 489 g/mol. The topological polar surface area (TPSA) is 150 Å². The van der Waals surface area contributed by atoms with Gasteiger partial charge in [0.15, 0.2) is 12.4 Å². The van der Waals surface area contributed by atoms with E-state index < -0.39 is 26.7 Å². The Labute approximate surface area is 194 Å². The lowest BCUT2D eigenvalue weighted by molar-refractivity contribution is 0.0461. The fraction of sp³-hybridized carbons (Fsp3) is 0.238. The molecule has 1 aliphatic heterocycles. The van der Waals surface area contributed by atoms with Crippen LogP contribution in [0.3, 0.4) is 0 Å². The fourth-order valence-electron chi connectivity index (χ4n) is 3.18. The van der Waals surface area contributed by atoms with Crippen LogP contribution in [0.15, 0.2) is 53.4 Å². The van der Waals surface area contributed by atoms with E-state index in [1.165, 1.54) is 0 Å². The number of benzene rings is 2. The van der Waals surface area contributed by atoms with Gasteiger partial charge in [0.05, 0.1) is 18.8 Å². The summed E-state index contributed by atoms with van der Waals surface area (Å²) in [4.78, 5) is 24.0. The van der Waals surface area contributed by atoms with Crippen LogP contribution in [0, 0.1) is 5.82 Å². The van der Waals surface area contributed by atoms with Crippen LogP contribution in [-0.2, 0) is 26.1 Å². The molecule has 0 spiro atoms. The van der Waals surface area contributed by atoms with Gasteiger partial charge in [0, 0.05) is 18.8 Å². The molecule has 13 heteroatoms. The number of hydrogen-bond acceptors (Lipinski definition) is 10. The lowest BCUT2D eigenvalue weighted by atomic mass is 10.2. The van der Waals surface area contributed by atoms with Crippen LogP contribution in [0.1, 0.15) is 16.2 Å². The van der Waals surface area contributed by atoms with Gasteiger partial charge < -0.3 is 20.5 Å². The van der Waals surface area contributed by atoms with Gasteiger partial charge in [-0.2, -0.15) is 19.3 Å². The Balaban J connectivity index is 1.48. The monoisotopic (exact) mass is 488 g/mol. The summed E-state index contributed by atoms with van der Waals surface area (Å²) in [6, 6.07) is 12.1. The number of nitrogen functional groups attached to an aromatic ring is 1. The number of aromatic nitrogens is 3. The van der Waals surface area contributed by atoms with E-state index in [1.807, 2.05) is 18.2 Å². The minimum absolute atomic E-state index is 0.0718. The molecule has 2 heterocycles. The highest BCUT2D eigenvalue weighted by molar-refractivity contribution is 7.89. The Kier molecular flexibility index (Phi) is 6.95. The van der Waals surface area contributed by atoms with Gasteiger partial charge >= 0.3 is 5.97 Å². The third kappa shape index (κ3) is 5.44. The van der Waals surface area contributed by atoms with Crippen molar-refractivity contribution >= 4 is 33.6 Å². The first-order chi connectivity index (χ1) is 16.3. The van der Waals surface area contributed by atoms with Crippen molar-refractivity contribution in [3.63, 3.8) is 0 Å². The maximum atomic E-state index is 14.4. The number of sulfonamides is 1. The van der Waals surface area contributed by atoms with Crippen LogP contribution in [0.2, 0.25) is 0 Å². The normalized spacial score (nSPS) is 14.5. The summed E-state index contributed by atoms with van der Waals surface area (Å²) in [5.41, 5.74) is 6.30. The van der Waals surface area contributed by atoms with Crippen molar-refractivity contribution in [2.75, 3.05) is 37.4 Å². The van der Waals surface area contributed by atoms with Crippen LogP contribution in [0.4, 0.5) is 22.0 Å². The number of nitrogens with one attached hydrogen (secondary N) is 1. The summed E-state index contributed by atoms with van der Waals surface area (Å²) < 4.78 is 51.5. The number of anilines is 3. The smallest absolute Gasteiger partial charge is 0.338 e. The van der Waals surface area contributed by atoms with Crippen molar-refractivity contribution in [3.8, 4) is 0 Å². The van der Waals surface area contributed by atoms with Crippen molar-refractivity contribution in [3.05, 3.63) is 65.7 Å². The molecule has 1 saturated heterocycles. The van der Waals surface area contributed by atoms with E-state index in [9.17, 15) is 17.6 Å². The first-order valence-electron chi connectivity index (χ1n) is 10.2. The molecular formula is C21H21FN6O5S. The number of morpholine rings is 1. The predicted molar refractivity (Wildman–Crippen MR) is 119 cm³/mol. The number of nitrogens with zero attached hydrogens (tertiary/aromatic N) is 4. The minimum atomic E-state index is -4.14. The molecule has 1 aromatic heterocycles. The number of rotatable bonds is 7. The van der Waals surface area contributed by atoms with Crippen LogP contribution in [0.25, 0.3) is 0 Å². The first-order valence-corrected chi connectivity index (χ1v) is 11.6. The Morgan fingerprint density at radius 3 is 2.59 bits per heavy atom. The summed E-state index contributed by atoms with van der Waals surface area (Å²) in [7, 11) is -4.14. The Morgan fingerprint density at radius 1 is 1.12 bits per heavy atom. The Hall–Kier alpha value is -3.68. The molecule has 34 heavy (non-hydrogen) atoms. The summed E-state index contributed by atoms with van der Waals surface area (Å²) in [5.74, 6) is -1.70. The summed E-state index contributed by atoms with van der Waals surface area (Å²) >= 11 is 0. The molecule has 0 radical (unpaired) electrons. The Bertz CT molecular complexity index is 1290. The standard InChI is InChI=1S/C21H21FN6O5S/c22-16-7-6-14(12-17(16)34(30,31)28-8-10-32-11-9-28)19(29)33-13-18-25-20(23)27-21(26-18)24-15-4-2-1-3-5-15/h1-7,12H,8-11,13H2,(H3,23,24,25,26,27). The summed E-state index contributed by atoms with van der Waals surface area (Å²) in [6.07, 6.45) is 0. The van der Waals surface area contributed by atoms with Crippen molar-refractivity contribution in [1.82, 2.24) is 19.3 Å². The molecule has 0 unspecified atom stereocenters. The molecule has 0 atom stereocenters. The molecule has 2 aromatic carbocycles. The minimum Gasteiger partial charge on any atom is -0.454 e. The molecule has 3 aromatic rings. The van der Waals surface area contributed by atoms with E-state index in [2.05, 4.69) is 20.3 Å². The number of carbonyl (C=O) groups is 1. The maximum absolute atomic E-state index is 14.4. The second-order valence-electron chi connectivity index (χ2n) is 7.16. The summed E-state index contributed by atoms with van der Waals surface area (Å²) in [5, 5.41) is 2.96. The van der Waals surface area contributed by atoms with E-state index >= 15 is 0 Å². The van der Waals surface area contributed by atoms with Crippen LogP contribution in [-0.4, -0.2) is 59.9 Å². The van der Waals surface area contributed by atoms with Gasteiger partial charge in [0.1, 0.15) is 10.7 Å². The molecule has 11 nitrogen and oxygen atoms in total. The zero-order chi connectivity index (χ0) is 24.1. The highest BCUT2D eigenvalue weighted by Gasteiger charge is 2.30. The second-order valence-corrected chi connectivity index (χ2v) is 9.07. The molecule has 0 saturated carbocycles.